The van der Waals surface area contributed by atoms with Crippen LogP contribution in [0.3, 0.4) is 0 Å². The predicted octanol–water partition coefficient (Wildman–Crippen LogP) is 1.36. The molecule has 0 aromatic carbocycles. The number of carbonyl (C=O) groups is 1. The number of aliphatic carboxylic acids is 1. The topological polar surface area (TPSA) is 37.3 Å². The van der Waals surface area contributed by atoms with Gasteiger partial charge in [0.25, 0.3) is 0 Å². The maximum atomic E-state index is 10.3. The summed E-state index contributed by atoms with van der Waals surface area (Å²) in [6, 6.07) is 0. The molecule has 0 heterocycles. The fourth-order valence-electron chi connectivity index (χ4n) is 1.24. The summed E-state index contributed by atoms with van der Waals surface area (Å²) < 4.78 is 0. The first-order valence-corrected chi connectivity index (χ1v) is 3.35. The highest BCUT2D eigenvalue weighted by Gasteiger charge is 2.44. The van der Waals surface area contributed by atoms with E-state index in [4.69, 9.17) is 5.11 Å². The van der Waals surface area contributed by atoms with Crippen LogP contribution in [0.4, 0.5) is 0 Å². The molecule has 0 radical (unpaired) electrons. The molecule has 0 aliphatic heterocycles. The molecule has 0 saturated heterocycles. The molecular formula is C7H12O2. The molecule has 1 saturated carbocycles. The minimum Gasteiger partial charge on any atom is -0.481 e. The third-order valence-corrected chi connectivity index (χ3v) is 2.01. The summed E-state index contributed by atoms with van der Waals surface area (Å²) in [5.74, 6) is 0.368. The first kappa shape index (κ1) is 6.59. The van der Waals surface area contributed by atoms with Crippen LogP contribution in [-0.2, 0) is 4.79 Å². The second-order valence-electron chi connectivity index (χ2n) is 3.09. The molecule has 1 aliphatic carbocycles. The van der Waals surface area contributed by atoms with Gasteiger partial charge in [-0.2, -0.15) is 0 Å². The molecule has 2 nitrogen and oxygen atoms in total. The van der Waals surface area contributed by atoms with Gasteiger partial charge in [0, 0.05) is 0 Å². The molecule has 2 atom stereocenters. The summed E-state index contributed by atoms with van der Waals surface area (Å²) in [6.45, 7) is 4.15. The van der Waals surface area contributed by atoms with E-state index in [-0.39, 0.29) is 5.92 Å². The second kappa shape index (κ2) is 2.01. The lowest BCUT2D eigenvalue weighted by molar-refractivity contribution is -0.139. The van der Waals surface area contributed by atoms with Crippen LogP contribution in [-0.4, -0.2) is 11.1 Å². The van der Waals surface area contributed by atoms with Gasteiger partial charge in [-0.15, -0.1) is 0 Å². The lowest BCUT2D eigenvalue weighted by Crippen LogP contribution is -2.02. The highest BCUT2D eigenvalue weighted by atomic mass is 16.4. The van der Waals surface area contributed by atoms with Crippen LogP contribution in [0.5, 0.6) is 0 Å². The van der Waals surface area contributed by atoms with Crippen molar-refractivity contribution in [2.75, 3.05) is 0 Å². The molecule has 2 heteroatoms. The number of hydrogen-bond donors (Lipinski definition) is 1. The number of carboxylic acids is 1. The SMILES string of the molecule is CC(C)C1CC1C(=O)O. The fourth-order valence-corrected chi connectivity index (χ4v) is 1.24. The highest BCUT2D eigenvalue weighted by Crippen LogP contribution is 2.43. The van der Waals surface area contributed by atoms with Gasteiger partial charge in [-0.1, -0.05) is 13.8 Å². The van der Waals surface area contributed by atoms with E-state index in [1.165, 1.54) is 0 Å². The first-order valence-electron chi connectivity index (χ1n) is 3.35. The van der Waals surface area contributed by atoms with E-state index >= 15 is 0 Å². The standard InChI is InChI=1S/C7H12O2/c1-4(2)5-3-6(5)7(8)9/h4-6H,3H2,1-2H3,(H,8,9). The molecule has 0 amide bonds. The van der Waals surface area contributed by atoms with E-state index in [1.807, 2.05) is 0 Å². The monoisotopic (exact) mass is 128 g/mol. The van der Waals surface area contributed by atoms with E-state index in [1.54, 1.807) is 0 Å². The average Bonchev–Trinajstić information content (AvgIpc) is 2.39. The molecule has 1 N–H and O–H groups in total. The van der Waals surface area contributed by atoms with Crippen molar-refractivity contribution >= 4 is 5.97 Å². The number of carboxylic acid groups (broad SMARTS) is 1. The molecule has 1 rings (SSSR count). The molecule has 1 aliphatic rings. The largest absolute Gasteiger partial charge is 0.481 e. The Morgan fingerprint density at radius 2 is 2.22 bits per heavy atom. The summed E-state index contributed by atoms with van der Waals surface area (Å²) in [6.07, 6.45) is 0.896. The van der Waals surface area contributed by atoms with Gasteiger partial charge in [0.05, 0.1) is 5.92 Å². The normalized spacial score (nSPS) is 32.8. The van der Waals surface area contributed by atoms with Gasteiger partial charge in [0.2, 0.25) is 0 Å². The quantitative estimate of drug-likeness (QED) is 0.609. The van der Waals surface area contributed by atoms with Crippen LogP contribution < -0.4 is 0 Å². The van der Waals surface area contributed by atoms with Gasteiger partial charge in [0.15, 0.2) is 0 Å². The molecule has 9 heavy (non-hydrogen) atoms. The van der Waals surface area contributed by atoms with Crippen LogP contribution in [0, 0.1) is 17.8 Å². The number of hydrogen-bond acceptors (Lipinski definition) is 1. The third kappa shape index (κ3) is 1.23. The summed E-state index contributed by atoms with van der Waals surface area (Å²) >= 11 is 0. The van der Waals surface area contributed by atoms with Crippen molar-refractivity contribution in [2.45, 2.75) is 20.3 Å². The van der Waals surface area contributed by atoms with Crippen LogP contribution >= 0.6 is 0 Å². The zero-order valence-electron chi connectivity index (χ0n) is 5.79. The van der Waals surface area contributed by atoms with Crippen molar-refractivity contribution in [3.05, 3.63) is 0 Å². The lowest BCUT2D eigenvalue weighted by Gasteiger charge is -1.97. The van der Waals surface area contributed by atoms with Gasteiger partial charge in [-0.05, 0) is 18.3 Å². The Morgan fingerprint density at radius 1 is 1.67 bits per heavy atom. The van der Waals surface area contributed by atoms with Gasteiger partial charge in [-0.3, -0.25) is 4.79 Å². The Bertz CT molecular complexity index is 129. The van der Waals surface area contributed by atoms with Crippen molar-refractivity contribution < 1.29 is 9.90 Å². The Morgan fingerprint density at radius 3 is 2.33 bits per heavy atom. The molecule has 52 valence electrons. The van der Waals surface area contributed by atoms with E-state index in [9.17, 15) is 4.79 Å². The first-order chi connectivity index (χ1) is 4.13. The molecule has 0 aromatic heterocycles. The third-order valence-electron chi connectivity index (χ3n) is 2.01. The van der Waals surface area contributed by atoms with Gasteiger partial charge < -0.3 is 5.11 Å². The van der Waals surface area contributed by atoms with Crippen molar-refractivity contribution in [1.82, 2.24) is 0 Å². The minimum absolute atomic E-state index is 0.0231. The van der Waals surface area contributed by atoms with Crippen molar-refractivity contribution in [3.63, 3.8) is 0 Å². The van der Waals surface area contributed by atoms with E-state index < -0.39 is 5.97 Å². The average molecular weight is 128 g/mol. The molecule has 0 bridgehead atoms. The minimum atomic E-state index is -0.617. The Hall–Kier alpha value is -0.530. The number of rotatable bonds is 2. The smallest absolute Gasteiger partial charge is 0.306 e. The van der Waals surface area contributed by atoms with E-state index in [2.05, 4.69) is 13.8 Å². The Balaban J connectivity index is 2.33. The van der Waals surface area contributed by atoms with Crippen molar-refractivity contribution in [2.24, 2.45) is 17.8 Å². The van der Waals surface area contributed by atoms with E-state index in [0.717, 1.165) is 6.42 Å². The zero-order valence-corrected chi connectivity index (χ0v) is 5.79. The predicted molar refractivity (Wildman–Crippen MR) is 34.1 cm³/mol. The van der Waals surface area contributed by atoms with Crippen LogP contribution in [0.15, 0.2) is 0 Å². The van der Waals surface area contributed by atoms with Gasteiger partial charge in [0.1, 0.15) is 0 Å². The highest BCUT2D eigenvalue weighted by molar-refractivity contribution is 5.73. The van der Waals surface area contributed by atoms with Crippen molar-refractivity contribution in [3.8, 4) is 0 Å². The molecule has 1 fully saturated rings. The summed E-state index contributed by atoms with van der Waals surface area (Å²) in [4.78, 5) is 10.3. The second-order valence-corrected chi connectivity index (χ2v) is 3.09. The molecule has 2 unspecified atom stereocenters. The van der Waals surface area contributed by atoms with Crippen LogP contribution in [0.25, 0.3) is 0 Å². The molecule has 0 aromatic rings. The van der Waals surface area contributed by atoms with Gasteiger partial charge in [-0.25, -0.2) is 0 Å². The molecular weight excluding hydrogens is 116 g/mol. The Kier molecular flexibility index (Phi) is 1.47. The lowest BCUT2D eigenvalue weighted by atomic mass is 10.1. The summed E-state index contributed by atoms with van der Waals surface area (Å²) in [5, 5.41) is 8.47. The van der Waals surface area contributed by atoms with Crippen LogP contribution in [0.2, 0.25) is 0 Å². The zero-order chi connectivity index (χ0) is 7.02. The maximum Gasteiger partial charge on any atom is 0.306 e. The summed E-state index contributed by atoms with van der Waals surface area (Å²) in [5.41, 5.74) is 0. The van der Waals surface area contributed by atoms with Crippen molar-refractivity contribution in [1.29, 1.82) is 0 Å². The van der Waals surface area contributed by atoms with Gasteiger partial charge >= 0.3 is 5.97 Å². The van der Waals surface area contributed by atoms with Crippen LogP contribution in [0.1, 0.15) is 20.3 Å². The maximum absolute atomic E-state index is 10.3. The van der Waals surface area contributed by atoms with E-state index in [0.29, 0.717) is 11.8 Å². The molecule has 0 spiro atoms. The fraction of sp³-hybridized carbons (Fsp3) is 0.857. The summed E-state index contributed by atoms with van der Waals surface area (Å²) in [7, 11) is 0. The Labute approximate surface area is 54.9 Å².